The summed E-state index contributed by atoms with van der Waals surface area (Å²) in [6.07, 6.45) is 0.513. The summed E-state index contributed by atoms with van der Waals surface area (Å²) in [5.41, 5.74) is 2.76. The topological polar surface area (TPSA) is 40.5 Å². The summed E-state index contributed by atoms with van der Waals surface area (Å²) in [6.45, 7) is 3.16. The molecule has 1 saturated heterocycles. The minimum atomic E-state index is -0.359. The molecular weight excluding hydrogens is 274 g/mol. The molecule has 2 aromatic carbocycles. The highest BCUT2D eigenvalue weighted by atomic mass is 16.3. The van der Waals surface area contributed by atoms with Crippen LogP contribution in [0.4, 0.5) is 0 Å². The molecule has 0 aliphatic carbocycles. The molecule has 0 bridgehead atoms. The summed E-state index contributed by atoms with van der Waals surface area (Å²) in [5.74, 6) is 0.246. The molecule has 0 saturated carbocycles. The first-order chi connectivity index (χ1) is 10.7. The fourth-order valence-electron chi connectivity index (χ4n) is 3.07. The first-order valence-corrected chi connectivity index (χ1v) is 7.78. The molecule has 114 valence electrons. The maximum Gasteiger partial charge on any atom is 0.254 e. The van der Waals surface area contributed by atoms with E-state index in [-0.39, 0.29) is 17.9 Å². The molecular formula is C19H21NO2. The zero-order valence-electron chi connectivity index (χ0n) is 12.8. The molecule has 1 aliphatic rings. The van der Waals surface area contributed by atoms with Crippen molar-refractivity contribution in [1.82, 2.24) is 4.90 Å². The lowest BCUT2D eigenvalue weighted by atomic mass is 9.99. The van der Waals surface area contributed by atoms with Gasteiger partial charge in [0, 0.05) is 24.6 Å². The number of hydrogen-bond acceptors (Lipinski definition) is 2. The zero-order chi connectivity index (χ0) is 15.5. The average molecular weight is 295 g/mol. The molecule has 1 fully saturated rings. The fraction of sp³-hybridized carbons (Fsp3) is 0.316. The third kappa shape index (κ3) is 2.90. The smallest absolute Gasteiger partial charge is 0.254 e. The van der Waals surface area contributed by atoms with Crippen molar-refractivity contribution < 1.29 is 9.90 Å². The number of hydrogen-bond donors (Lipinski definition) is 1. The second-order valence-corrected chi connectivity index (χ2v) is 5.95. The molecule has 1 heterocycles. The molecule has 3 nitrogen and oxygen atoms in total. The van der Waals surface area contributed by atoms with Gasteiger partial charge in [-0.15, -0.1) is 0 Å². The molecule has 2 atom stereocenters. The predicted octanol–water partition coefficient (Wildman–Crippen LogP) is 3.20. The van der Waals surface area contributed by atoms with Crippen LogP contribution in [0.1, 0.15) is 23.7 Å². The summed E-state index contributed by atoms with van der Waals surface area (Å²) in [6, 6.07) is 17.7. The quantitative estimate of drug-likeness (QED) is 0.944. The van der Waals surface area contributed by atoms with E-state index in [1.165, 1.54) is 0 Å². The molecule has 1 N–H and O–H groups in total. The van der Waals surface area contributed by atoms with Crippen molar-refractivity contribution in [3.63, 3.8) is 0 Å². The number of amides is 1. The minimum Gasteiger partial charge on any atom is -0.393 e. The Hall–Kier alpha value is -2.13. The van der Waals surface area contributed by atoms with Crippen molar-refractivity contribution >= 4 is 5.91 Å². The summed E-state index contributed by atoms with van der Waals surface area (Å²) >= 11 is 0. The second kappa shape index (κ2) is 6.32. The van der Waals surface area contributed by atoms with Gasteiger partial charge in [0.15, 0.2) is 0 Å². The lowest BCUT2D eigenvalue weighted by molar-refractivity contribution is 0.0763. The zero-order valence-corrected chi connectivity index (χ0v) is 12.8. The highest BCUT2D eigenvalue weighted by Gasteiger charge is 2.30. The van der Waals surface area contributed by atoms with E-state index in [0.29, 0.717) is 6.54 Å². The van der Waals surface area contributed by atoms with E-state index in [1.54, 1.807) is 6.92 Å². The Morgan fingerprint density at radius 2 is 1.82 bits per heavy atom. The van der Waals surface area contributed by atoms with E-state index in [4.69, 9.17) is 0 Å². The highest BCUT2D eigenvalue weighted by Crippen LogP contribution is 2.27. The average Bonchev–Trinajstić information content (AvgIpc) is 3.05. The SMILES string of the molecule is CC(O)C1CCN(C(=O)c2ccccc2-c2ccccc2)C1. The second-order valence-electron chi connectivity index (χ2n) is 5.95. The van der Waals surface area contributed by atoms with Crippen LogP contribution in [0.15, 0.2) is 54.6 Å². The first kappa shape index (κ1) is 14.8. The first-order valence-electron chi connectivity index (χ1n) is 7.78. The van der Waals surface area contributed by atoms with Crippen molar-refractivity contribution in [2.45, 2.75) is 19.4 Å². The third-order valence-corrected chi connectivity index (χ3v) is 4.44. The van der Waals surface area contributed by atoms with Gasteiger partial charge in [0.05, 0.1) is 6.10 Å². The van der Waals surface area contributed by atoms with Gasteiger partial charge in [0.25, 0.3) is 5.91 Å². The van der Waals surface area contributed by atoms with Gasteiger partial charge in [0.2, 0.25) is 0 Å². The van der Waals surface area contributed by atoms with E-state index >= 15 is 0 Å². The van der Waals surface area contributed by atoms with Crippen LogP contribution in [0.3, 0.4) is 0 Å². The summed E-state index contributed by atoms with van der Waals surface area (Å²) in [4.78, 5) is 14.7. The number of aliphatic hydroxyl groups is 1. The Bertz CT molecular complexity index is 651. The summed E-state index contributed by atoms with van der Waals surface area (Å²) < 4.78 is 0. The molecule has 0 spiro atoms. The van der Waals surface area contributed by atoms with Gasteiger partial charge in [-0.25, -0.2) is 0 Å². The molecule has 1 amide bonds. The normalized spacial score (nSPS) is 19.2. The van der Waals surface area contributed by atoms with Gasteiger partial charge in [-0.2, -0.15) is 0 Å². The Kier molecular flexibility index (Phi) is 4.25. The van der Waals surface area contributed by atoms with Crippen LogP contribution >= 0.6 is 0 Å². The van der Waals surface area contributed by atoms with Gasteiger partial charge in [-0.05, 0) is 30.5 Å². The van der Waals surface area contributed by atoms with Crippen LogP contribution in [0.2, 0.25) is 0 Å². The minimum absolute atomic E-state index is 0.0580. The summed E-state index contributed by atoms with van der Waals surface area (Å²) in [5, 5.41) is 9.72. The summed E-state index contributed by atoms with van der Waals surface area (Å²) in [7, 11) is 0. The number of likely N-dealkylation sites (tertiary alicyclic amines) is 1. The molecule has 2 unspecified atom stereocenters. The molecule has 2 aromatic rings. The Morgan fingerprint density at radius 1 is 1.14 bits per heavy atom. The van der Waals surface area contributed by atoms with Gasteiger partial charge >= 0.3 is 0 Å². The molecule has 1 aliphatic heterocycles. The maximum absolute atomic E-state index is 12.9. The Balaban J connectivity index is 1.88. The number of benzene rings is 2. The van der Waals surface area contributed by atoms with E-state index in [1.807, 2.05) is 59.5 Å². The van der Waals surface area contributed by atoms with Crippen molar-refractivity contribution in [3.05, 3.63) is 60.2 Å². The van der Waals surface area contributed by atoms with E-state index in [2.05, 4.69) is 0 Å². The van der Waals surface area contributed by atoms with Crippen molar-refractivity contribution in [2.75, 3.05) is 13.1 Å². The largest absolute Gasteiger partial charge is 0.393 e. The van der Waals surface area contributed by atoms with Crippen LogP contribution < -0.4 is 0 Å². The van der Waals surface area contributed by atoms with Gasteiger partial charge in [-0.1, -0.05) is 48.5 Å². The van der Waals surface area contributed by atoms with Crippen LogP contribution in [-0.2, 0) is 0 Å². The number of carbonyl (C=O) groups excluding carboxylic acids is 1. The van der Waals surface area contributed by atoms with Crippen LogP contribution in [-0.4, -0.2) is 35.1 Å². The maximum atomic E-state index is 12.9. The predicted molar refractivity (Wildman–Crippen MR) is 87.6 cm³/mol. The Labute approximate surface area is 131 Å². The number of aliphatic hydroxyl groups excluding tert-OH is 1. The van der Waals surface area contributed by atoms with Gasteiger partial charge < -0.3 is 10.0 Å². The number of rotatable bonds is 3. The lowest BCUT2D eigenvalue weighted by Gasteiger charge is -2.19. The fourth-order valence-corrected chi connectivity index (χ4v) is 3.07. The van der Waals surface area contributed by atoms with E-state index in [9.17, 15) is 9.90 Å². The van der Waals surface area contributed by atoms with Crippen molar-refractivity contribution in [1.29, 1.82) is 0 Å². The number of nitrogens with zero attached hydrogens (tertiary/aromatic N) is 1. The Morgan fingerprint density at radius 3 is 2.50 bits per heavy atom. The van der Waals surface area contributed by atoms with Crippen molar-refractivity contribution in [3.8, 4) is 11.1 Å². The molecule has 0 aromatic heterocycles. The highest BCUT2D eigenvalue weighted by molar-refractivity contribution is 6.01. The van der Waals surface area contributed by atoms with Gasteiger partial charge in [-0.3, -0.25) is 4.79 Å². The van der Waals surface area contributed by atoms with Crippen LogP contribution in [0.5, 0.6) is 0 Å². The lowest BCUT2D eigenvalue weighted by Crippen LogP contribution is -2.30. The third-order valence-electron chi connectivity index (χ3n) is 4.44. The van der Waals surface area contributed by atoms with Crippen LogP contribution in [0.25, 0.3) is 11.1 Å². The molecule has 0 radical (unpaired) electrons. The van der Waals surface area contributed by atoms with Crippen molar-refractivity contribution in [2.24, 2.45) is 5.92 Å². The number of carbonyl (C=O) groups is 1. The van der Waals surface area contributed by atoms with E-state index in [0.717, 1.165) is 29.7 Å². The van der Waals surface area contributed by atoms with Gasteiger partial charge in [0.1, 0.15) is 0 Å². The monoisotopic (exact) mass is 295 g/mol. The molecule has 22 heavy (non-hydrogen) atoms. The molecule has 3 heteroatoms. The van der Waals surface area contributed by atoms with Crippen LogP contribution in [0, 0.1) is 5.92 Å². The van der Waals surface area contributed by atoms with E-state index < -0.39 is 0 Å². The molecule has 3 rings (SSSR count). The standard InChI is InChI=1S/C19H21NO2/c1-14(21)16-11-12-20(13-16)19(22)18-10-6-5-9-17(18)15-7-3-2-4-8-15/h2-10,14,16,21H,11-13H2,1H3.